The molecule has 1 aromatic heterocycles. The molecule has 0 radical (unpaired) electrons. The van der Waals surface area contributed by atoms with Crippen molar-refractivity contribution in [2.45, 2.75) is 6.92 Å². The van der Waals surface area contributed by atoms with Gasteiger partial charge in [-0.25, -0.2) is 4.57 Å². The van der Waals surface area contributed by atoms with Gasteiger partial charge in [-0.15, -0.1) is 10.2 Å². The Morgan fingerprint density at radius 3 is 2.47 bits per heavy atom. The molecule has 1 N–H and O–H groups in total. The van der Waals surface area contributed by atoms with Crippen LogP contribution in [0, 0.1) is 6.92 Å². The van der Waals surface area contributed by atoms with Crippen molar-refractivity contribution in [3.63, 3.8) is 0 Å². The molecule has 0 aliphatic rings. The molecule has 0 aliphatic carbocycles. The molecule has 0 saturated heterocycles. The Morgan fingerprint density at radius 1 is 1.06 bits per heavy atom. The fourth-order valence-corrected chi connectivity index (χ4v) is 1.38. The molecule has 2 aromatic rings. The van der Waals surface area contributed by atoms with Crippen molar-refractivity contribution >= 4 is 11.4 Å². The fourth-order valence-electron chi connectivity index (χ4n) is 1.38. The van der Waals surface area contributed by atoms with Gasteiger partial charge in [-0.05, 0) is 24.6 Å². The number of phenols is 1. The van der Waals surface area contributed by atoms with Gasteiger partial charge in [0.1, 0.15) is 18.5 Å². The van der Waals surface area contributed by atoms with Crippen molar-refractivity contribution in [2.24, 2.45) is 17.3 Å². The highest BCUT2D eigenvalue weighted by Crippen LogP contribution is 2.28. The molecule has 0 unspecified atom stereocenters. The molecular weight excluding hydrogens is 214 g/mol. The third kappa shape index (κ3) is 2.87. The lowest BCUT2D eigenvalue weighted by atomic mass is 10.2. The maximum Gasteiger partial charge on any atom is 0.170 e. The average Bonchev–Trinajstić information content (AvgIpc) is 2.32. The largest absolute Gasteiger partial charge is 0.506 e. The standard InChI is InChI=1S/C13H13N3O/c1-10-3-4-13(17)12(9-10)15-14-11-5-7-16(2)8-6-11/h3-9H,1-2H3/p+1. The summed E-state index contributed by atoms with van der Waals surface area (Å²) in [5, 5.41) is 17.7. The van der Waals surface area contributed by atoms with Gasteiger partial charge < -0.3 is 5.11 Å². The van der Waals surface area contributed by atoms with Crippen molar-refractivity contribution in [3.8, 4) is 5.75 Å². The first-order valence-electron chi connectivity index (χ1n) is 5.32. The van der Waals surface area contributed by atoms with Gasteiger partial charge in [0.15, 0.2) is 12.4 Å². The minimum atomic E-state index is 0.140. The van der Waals surface area contributed by atoms with Gasteiger partial charge in [0.05, 0.1) is 5.69 Å². The third-order valence-electron chi connectivity index (χ3n) is 2.36. The van der Waals surface area contributed by atoms with E-state index < -0.39 is 0 Å². The van der Waals surface area contributed by atoms with Crippen LogP contribution in [0.2, 0.25) is 0 Å². The molecule has 0 fully saturated rings. The maximum absolute atomic E-state index is 9.60. The minimum Gasteiger partial charge on any atom is -0.506 e. The van der Waals surface area contributed by atoms with Crippen LogP contribution >= 0.6 is 0 Å². The van der Waals surface area contributed by atoms with E-state index in [1.807, 2.05) is 49.1 Å². The fraction of sp³-hybridized carbons (Fsp3) is 0.154. The summed E-state index contributed by atoms with van der Waals surface area (Å²) in [6.07, 6.45) is 3.79. The second-order valence-electron chi connectivity index (χ2n) is 3.91. The summed E-state index contributed by atoms with van der Waals surface area (Å²) in [7, 11) is 1.94. The number of aromatic hydroxyl groups is 1. The summed E-state index contributed by atoms with van der Waals surface area (Å²) >= 11 is 0. The van der Waals surface area contributed by atoms with Crippen molar-refractivity contribution in [3.05, 3.63) is 48.3 Å². The highest BCUT2D eigenvalue weighted by atomic mass is 16.3. The SMILES string of the molecule is Cc1ccc(O)c(N=Nc2cc[n+](C)cc2)c1. The number of aryl methyl sites for hydroxylation is 2. The van der Waals surface area contributed by atoms with Gasteiger partial charge in [-0.1, -0.05) is 6.07 Å². The lowest BCUT2D eigenvalue weighted by molar-refractivity contribution is -0.671. The second-order valence-corrected chi connectivity index (χ2v) is 3.91. The minimum absolute atomic E-state index is 0.140. The van der Waals surface area contributed by atoms with Crippen LogP contribution in [-0.2, 0) is 7.05 Å². The first-order valence-corrected chi connectivity index (χ1v) is 5.32. The van der Waals surface area contributed by atoms with Crippen molar-refractivity contribution in [1.82, 2.24) is 0 Å². The highest BCUT2D eigenvalue weighted by Gasteiger charge is 1.99. The van der Waals surface area contributed by atoms with E-state index in [9.17, 15) is 5.11 Å². The molecule has 0 aliphatic heterocycles. The lowest BCUT2D eigenvalue weighted by Gasteiger charge is -1.98. The van der Waals surface area contributed by atoms with E-state index in [0.29, 0.717) is 5.69 Å². The van der Waals surface area contributed by atoms with Crippen molar-refractivity contribution in [1.29, 1.82) is 0 Å². The molecule has 0 spiro atoms. The Hall–Kier alpha value is -2.23. The number of hydrogen-bond acceptors (Lipinski definition) is 3. The number of phenolic OH excluding ortho intramolecular Hbond substituents is 1. The van der Waals surface area contributed by atoms with Gasteiger partial charge in [0.2, 0.25) is 0 Å². The summed E-state index contributed by atoms with van der Waals surface area (Å²) in [6.45, 7) is 1.95. The number of pyridine rings is 1. The van der Waals surface area contributed by atoms with E-state index in [1.54, 1.807) is 12.1 Å². The molecule has 0 bridgehead atoms. The van der Waals surface area contributed by atoms with Gasteiger partial charge >= 0.3 is 0 Å². The topological polar surface area (TPSA) is 48.8 Å². The zero-order valence-corrected chi connectivity index (χ0v) is 9.83. The summed E-state index contributed by atoms with van der Waals surface area (Å²) in [5.74, 6) is 0.140. The predicted octanol–water partition coefficient (Wildman–Crippen LogP) is 2.94. The quantitative estimate of drug-likeness (QED) is 0.623. The molecule has 1 heterocycles. The van der Waals surface area contributed by atoms with Gasteiger partial charge in [-0.2, -0.15) is 0 Å². The highest BCUT2D eigenvalue weighted by molar-refractivity contribution is 5.52. The van der Waals surface area contributed by atoms with Crippen molar-refractivity contribution in [2.75, 3.05) is 0 Å². The molecule has 4 heteroatoms. The van der Waals surface area contributed by atoms with Crippen LogP contribution in [0.4, 0.5) is 11.4 Å². The third-order valence-corrected chi connectivity index (χ3v) is 2.36. The monoisotopic (exact) mass is 228 g/mol. The Kier molecular flexibility index (Phi) is 3.14. The number of nitrogens with zero attached hydrogens (tertiary/aromatic N) is 3. The van der Waals surface area contributed by atoms with E-state index in [0.717, 1.165) is 11.3 Å². The normalized spacial score (nSPS) is 10.9. The molecule has 0 saturated carbocycles. The molecule has 1 aromatic carbocycles. The average molecular weight is 228 g/mol. The Morgan fingerprint density at radius 2 is 1.76 bits per heavy atom. The summed E-state index contributed by atoms with van der Waals surface area (Å²) < 4.78 is 1.92. The number of aromatic nitrogens is 1. The van der Waals surface area contributed by atoms with Crippen LogP contribution in [0.1, 0.15) is 5.56 Å². The summed E-state index contributed by atoms with van der Waals surface area (Å²) in [6, 6.07) is 8.96. The second kappa shape index (κ2) is 4.74. The molecule has 86 valence electrons. The van der Waals surface area contributed by atoms with E-state index >= 15 is 0 Å². The zero-order chi connectivity index (χ0) is 12.3. The van der Waals surface area contributed by atoms with E-state index in [1.165, 1.54) is 0 Å². The summed E-state index contributed by atoms with van der Waals surface area (Å²) in [4.78, 5) is 0. The van der Waals surface area contributed by atoms with E-state index in [2.05, 4.69) is 10.2 Å². The van der Waals surface area contributed by atoms with Gasteiger partial charge in [0, 0.05) is 12.1 Å². The molecule has 4 nitrogen and oxygen atoms in total. The molecule has 2 rings (SSSR count). The maximum atomic E-state index is 9.60. The van der Waals surface area contributed by atoms with Crippen LogP contribution in [0.3, 0.4) is 0 Å². The Balaban J connectivity index is 2.25. The predicted molar refractivity (Wildman–Crippen MR) is 64.6 cm³/mol. The lowest BCUT2D eigenvalue weighted by Crippen LogP contribution is -2.25. The van der Waals surface area contributed by atoms with E-state index in [4.69, 9.17) is 0 Å². The number of benzene rings is 1. The smallest absolute Gasteiger partial charge is 0.170 e. The molecule has 0 atom stereocenters. The molecular formula is C13H14N3O+. The number of rotatable bonds is 2. The first kappa shape index (κ1) is 11.3. The summed E-state index contributed by atoms with van der Waals surface area (Å²) in [5.41, 5.74) is 2.28. The Bertz CT molecular complexity index is 547. The number of hydrogen-bond donors (Lipinski definition) is 1. The van der Waals surface area contributed by atoms with Crippen LogP contribution in [0.15, 0.2) is 53.0 Å². The van der Waals surface area contributed by atoms with Crippen LogP contribution in [-0.4, -0.2) is 5.11 Å². The molecule has 0 amide bonds. The van der Waals surface area contributed by atoms with Crippen LogP contribution in [0.5, 0.6) is 5.75 Å². The van der Waals surface area contributed by atoms with Crippen LogP contribution in [0.25, 0.3) is 0 Å². The first-order chi connectivity index (χ1) is 8.15. The molecule has 17 heavy (non-hydrogen) atoms. The van der Waals surface area contributed by atoms with Gasteiger partial charge in [0.25, 0.3) is 0 Å². The van der Waals surface area contributed by atoms with Crippen molar-refractivity contribution < 1.29 is 9.67 Å². The zero-order valence-electron chi connectivity index (χ0n) is 9.83. The Labute approximate surface area is 99.9 Å². The number of azo groups is 1. The van der Waals surface area contributed by atoms with E-state index in [-0.39, 0.29) is 5.75 Å². The van der Waals surface area contributed by atoms with Gasteiger partial charge in [-0.3, -0.25) is 0 Å². The van der Waals surface area contributed by atoms with Crippen LogP contribution < -0.4 is 4.57 Å².